The largest absolute Gasteiger partial charge is 0.381 e. The first kappa shape index (κ1) is 12.5. The van der Waals surface area contributed by atoms with E-state index in [0.29, 0.717) is 12.1 Å². The van der Waals surface area contributed by atoms with Gasteiger partial charge in [-0.2, -0.15) is 0 Å². The van der Waals surface area contributed by atoms with Crippen molar-refractivity contribution in [1.82, 2.24) is 4.90 Å². The summed E-state index contributed by atoms with van der Waals surface area (Å²) in [5, 5.41) is 0. The molecule has 0 bridgehead atoms. The Morgan fingerprint density at radius 2 is 2.00 bits per heavy atom. The molecular weight excluding hydrogens is 190 g/mol. The van der Waals surface area contributed by atoms with E-state index in [2.05, 4.69) is 13.8 Å². The molecule has 2 unspecified atom stereocenters. The molecule has 3 nitrogen and oxygen atoms in total. The van der Waals surface area contributed by atoms with E-state index in [4.69, 9.17) is 4.74 Å². The van der Waals surface area contributed by atoms with Gasteiger partial charge in [0.25, 0.3) is 0 Å². The van der Waals surface area contributed by atoms with E-state index < -0.39 is 0 Å². The van der Waals surface area contributed by atoms with Crippen molar-refractivity contribution in [2.75, 3.05) is 14.2 Å². The summed E-state index contributed by atoms with van der Waals surface area (Å²) in [7, 11) is 3.67. The molecule has 0 spiro atoms. The minimum Gasteiger partial charge on any atom is -0.381 e. The van der Waals surface area contributed by atoms with Crippen molar-refractivity contribution in [3.05, 3.63) is 0 Å². The fourth-order valence-corrected chi connectivity index (χ4v) is 3.00. The zero-order chi connectivity index (χ0) is 11.6. The Morgan fingerprint density at radius 1 is 1.47 bits per heavy atom. The predicted octanol–water partition coefficient (Wildman–Crippen LogP) is 2.06. The van der Waals surface area contributed by atoms with Crippen molar-refractivity contribution in [2.45, 2.75) is 52.2 Å². The third-order valence-electron chi connectivity index (χ3n) is 4.31. The molecule has 1 rings (SSSR count). The Hall–Kier alpha value is -0.570. The maximum absolute atomic E-state index is 11.4. The van der Waals surface area contributed by atoms with Crippen molar-refractivity contribution < 1.29 is 9.53 Å². The highest BCUT2D eigenvalue weighted by Gasteiger charge is 2.55. The summed E-state index contributed by atoms with van der Waals surface area (Å²) in [4.78, 5) is 13.3. The lowest BCUT2D eigenvalue weighted by atomic mass is 9.58. The van der Waals surface area contributed by atoms with Crippen LogP contribution >= 0.6 is 0 Å². The number of carbonyl (C=O) groups excluding carboxylic acids is 1. The Balaban J connectivity index is 2.81. The molecule has 0 radical (unpaired) electrons. The van der Waals surface area contributed by atoms with Crippen LogP contribution in [0.5, 0.6) is 0 Å². The van der Waals surface area contributed by atoms with Crippen molar-refractivity contribution in [2.24, 2.45) is 5.41 Å². The molecule has 1 aliphatic carbocycles. The van der Waals surface area contributed by atoms with Crippen molar-refractivity contribution >= 4 is 5.91 Å². The van der Waals surface area contributed by atoms with Gasteiger partial charge in [0.2, 0.25) is 5.91 Å². The van der Waals surface area contributed by atoms with Gasteiger partial charge in [0.05, 0.1) is 6.10 Å². The standard InChI is InChI=1S/C12H23NO2/c1-6-12(7-2)10(8-11(12)15-5)13(4)9(3)14/h10-11H,6-8H2,1-5H3. The zero-order valence-corrected chi connectivity index (χ0v) is 10.5. The highest BCUT2D eigenvalue weighted by atomic mass is 16.5. The molecule has 1 fully saturated rings. The second-order valence-corrected chi connectivity index (χ2v) is 4.55. The van der Waals surface area contributed by atoms with Gasteiger partial charge in [-0.1, -0.05) is 13.8 Å². The summed E-state index contributed by atoms with van der Waals surface area (Å²) in [6, 6.07) is 0.356. The van der Waals surface area contributed by atoms with Crippen LogP contribution in [0.3, 0.4) is 0 Å². The molecule has 0 aliphatic heterocycles. The summed E-state index contributed by atoms with van der Waals surface area (Å²) in [5.74, 6) is 0.154. The molecule has 0 heterocycles. The fraction of sp³-hybridized carbons (Fsp3) is 0.917. The fourth-order valence-electron chi connectivity index (χ4n) is 3.00. The summed E-state index contributed by atoms with van der Waals surface area (Å²) in [6.45, 7) is 6.02. The maximum atomic E-state index is 11.4. The molecule has 3 heteroatoms. The molecule has 88 valence electrons. The van der Waals surface area contributed by atoms with Gasteiger partial charge in [0, 0.05) is 32.5 Å². The number of hydrogen-bond acceptors (Lipinski definition) is 2. The second kappa shape index (κ2) is 4.52. The van der Waals surface area contributed by atoms with Crippen LogP contribution in [0.2, 0.25) is 0 Å². The maximum Gasteiger partial charge on any atom is 0.219 e. The van der Waals surface area contributed by atoms with Gasteiger partial charge in [-0.25, -0.2) is 0 Å². The Bertz CT molecular complexity index is 236. The van der Waals surface area contributed by atoms with Crippen LogP contribution in [0.25, 0.3) is 0 Å². The van der Waals surface area contributed by atoms with Crippen LogP contribution in [-0.4, -0.2) is 37.1 Å². The number of ether oxygens (including phenoxy) is 1. The number of nitrogens with zero attached hydrogens (tertiary/aromatic N) is 1. The summed E-state index contributed by atoms with van der Waals surface area (Å²) in [5.41, 5.74) is 0.176. The molecule has 2 atom stereocenters. The summed E-state index contributed by atoms with van der Waals surface area (Å²) >= 11 is 0. The summed E-state index contributed by atoms with van der Waals surface area (Å²) < 4.78 is 5.51. The van der Waals surface area contributed by atoms with E-state index in [1.165, 1.54) is 0 Å². The van der Waals surface area contributed by atoms with Crippen LogP contribution in [-0.2, 0) is 9.53 Å². The number of methoxy groups -OCH3 is 1. The topological polar surface area (TPSA) is 29.5 Å². The van der Waals surface area contributed by atoms with Gasteiger partial charge < -0.3 is 9.64 Å². The zero-order valence-electron chi connectivity index (χ0n) is 10.5. The lowest BCUT2D eigenvalue weighted by Gasteiger charge is -2.57. The van der Waals surface area contributed by atoms with E-state index in [9.17, 15) is 4.79 Å². The smallest absolute Gasteiger partial charge is 0.219 e. The van der Waals surface area contributed by atoms with Gasteiger partial charge in [-0.15, -0.1) is 0 Å². The number of carbonyl (C=O) groups is 1. The molecule has 0 aromatic carbocycles. The molecule has 15 heavy (non-hydrogen) atoms. The quantitative estimate of drug-likeness (QED) is 0.715. The molecular formula is C12H23NO2. The van der Waals surface area contributed by atoms with Crippen LogP contribution in [0.15, 0.2) is 0 Å². The predicted molar refractivity (Wildman–Crippen MR) is 60.7 cm³/mol. The van der Waals surface area contributed by atoms with E-state index >= 15 is 0 Å². The molecule has 0 aromatic heterocycles. The minimum atomic E-state index is 0.154. The van der Waals surface area contributed by atoms with Crippen LogP contribution in [0.1, 0.15) is 40.0 Å². The van der Waals surface area contributed by atoms with Gasteiger partial charge in [-0.05, 0) is 19.3 Å². The monoisotopic (exact) mass is 213 g/mol. The van der Waals surface area contributed by atoms with Gasteiger partial charge in [-0.3, -0.25) is 4.79 Å². The van der Waals surface area contributed by atoms with E-state index in [1.54, 1.807) is 14.0 Å². The summed E-state index contributed by atoms with van der Waals surface area (Å²) in [6.07, 6.45) is 3.45. The van der Waals surface area contributed by atoms with Gasteiger partial charge in [0.1, 0.15) is 0 Å². The molecule has 1 saturated carbocycles. The minimum absolute atomic E-state index is 0.154. The molecule has 0 aromatic rings. The first-order valence-electron chi connectivity index (χ1n) is 5.79. The average Bonchev–Trinajstić information content (AvgIpc) is 2.19. The van der Waals surface area contributed by atoms with E-state index in [-0.39, 0.29) is 11.3 Å². The number of hydrogen-bond donors (Lipinski definition) is 0. The van der Waals surface area contributed by atoms with Crippen molar-refractivity contribution in [3.63, 3.8) is 0 Å². The molecule has 0 saturated heterocycles. The molecule has 1 aliphatic rings. The first-order chi connectivity index (χ1) is 7.03. The van der Waals surface area contributed by atoms with Gasteiger partial charge >= 0.3 is 0 Å². The molecule has 1 amide bonds. The average molecular weight is 213 g/mol. The first-order valence-corrected chi connectivity index (χ1v) is 5.79. The molecule has 0 N–H and O–H groups in total. The Morgan fingerprint density at radius 3 is 2.33 bits per heavy atom. The van der Waals surface area contributed by atoms with Crippen LogP contribution in [0.4, 0.5) is 0 Å². The third kappa shape index (κ3) is 1.78. The Kier molecular flexibility index (Phi) is 3.77. The number of amides is 1. The highest BCUT2D eigenvalue weighted by Crippen LogP contribution is 2.50. The van der Waals surface area contributed by atoms with Gasteiger partial charge in [0.15, 0.2) is 0 Å². The lowest BCUT2D eigenvalue weighted by molar-refractivity contribution is -0.168. The van der Waals surface area contributed by atoms with Crippen LogP contribution < -0.4 is 0 Å². The van der Waals surface area contributed by atoms with E-state index in [0.717, 1.165) is 19.3 Å². The lowest BCUT2D eigenvalue weighted by Crippen LogP contribution is -2.64. The third-order valence-corrected chi connectivity index (χ3v) is 4.31. The van der Waals surface area contributed by atoms with Crippen LogP contribution in [0, 0.1) is 5.41 Å². The second-order valence-electron chi connectivity index (χ2n) is 4.55. The highest BCUT2D eigenvalue weighted by molar-refractivity contribution is 5.73. The van der Waals surface area contributed by atoms with Crippen molar-refractivity contribution in [1.29, 1.82) is 0 Å². The van der Waals surface area contributed by atoms with E-state index in [1.807, 2.05) is 11.9 Å². The Labute approximate surface area is 92.8 Å². The SMILES string of the molecule is CCC1(CC)C(OC)CC1N(C)C(C)=O. The van der Waals surface area contributed by atoms with Crippen molar-refractivity contribution in [3.8, 4) is 0 Å². The number of rotatable bonds is 4. The normalized spacial score (nSPS) is 28.3.